The highest BCUT2D eigenvalue weighted by molar-refractivity contribution is 5.99. The molecule has 0 saturated heterocycles. The van der Waals surface area contributed by atoms with E-state index in [1.165, 1.54) is 6.20 Å². The van der Waals surface area contributed by atoms with E-state index in [9.17, 15) is 26.7 Å². The van der Waals surface area contributed by atoms with Gasteiger partial charge in [0.05, 0.1) is 23.8 Å². The number of hydrogen-bond acceptors (Lipinski definition) is 4. The van der Waals surface area contributed by atoms with Gasteiger partial charge in [-0.3, -0.25) is 9.78 Å². The van der Waals surface area contributed by atoms with Gasteiger partial charge in [0.15, 0.2) is 0 Å². The van der Waals surface area contributed by atoms with E-state index in [2.05, 4.69) is 15.3 Å². The van der Waals surface area contributed by atoms with Crippen LogP contribution in [-0.4, -0.2) is 27.3 Å². The molecule has 1 amide bonds. The quantitative estimate of drug-likeness (QED) is 0.503. The number of rotatable bonds is 5. The molecular weight excluding hydrogens is 443 g/mol. The number of hydrogen-bond donors (Lipinski definition) is 1. The van der Waals surface area contributed by atoms with Crippen LogP contribution in [-0.2, 0) is 12.7 Å². The second kappa shape index (κ2) is 8.42. The van der Waals surface area contributed by atoms with Crippen molar-refractivity contribution in [3.8, 4) is 11.3 Å². The lowest BCUT2D eigenvalue weighted by Gasteiger charge is -2.19. The lowest BCUT2D eigenvalue weighted by Crippen LogP contribution is -2.22. The first kappa shape index (κ1) is 22.6. The highest BCUT2D eigenvalue weighted by Gasteiger charge is 2.32. The average molecular weight is 462 g/mol. The zero-order valence-electron chi connectivity index (χ0n) is 17.7. The Morgan fingerprint density at radius 1 is 1.06 bits per heavy atom. The summed E-state index contributed by atoms with van der Waals surface area (Å²) in [5.74, 6) is -1.47. The summed E-state index contributed by atoms with van der Waals surface area (Å²) in [6.07, 6.45) is -2.27. The maximum Gasteiger partial charge on any atom is 0.416 e. The first-order valence-corrected chi connectivity index (χ1v) is 10.2. The summed E-state index contributed by atoms with van der Waals surface area (Å²) in [4.78, 5) is 22.0. The van der Waals surface area contributed by atoms with Crippen LogP contribution in [0.3, 0.4) is 0 Å². The molecule has 3 heterocycles. The fourth-order valence-corrected chi connectivity index (χ4v) is 3.79. The first-order valence-electron chi connectivity index (χ1n) is 10.2. The summed E-state index contributed by atoms with van der Waals surface area (Å²) in [6.45, 7) is 4.32. The number of pyridine rings is 2. The molecule has 3 aromatic rings. The Kier molecular flexibility index (Phi) is 5.77. The largest absolute Gasteiger partial charge is 0.416 e. The highest BCUT2D eigenvalue weighted by atomic mass is 19.4. The molecule has 0 radical (unpaired) electrons. The third kappa shape index (κ3) is 4.24. The number of nitrogens with one attached hydrogen (secondary N) is 1. The molecule has 10 heteroatoms. The third-order valence-corrected chi connectivity index (χ3v) is 5.57. The zero-order chi connectivity index (χ0) is 23.9. The number of anilines is 1. The van der Waals surface area contributed by atoms with Crippen molar-refractivity contribution < 1.29 is 26.7 Å². The van der Waals surface area contributed by atoms with E-state index in [1.54, 1.807) is 17.9 Å². The van der Waals surface area contributed by atoms with E-state index in [0.717, 1.165) is 24.4 Å². The van der Waals surface area contributed by atoms with Crippen molar-refractivity contribution >= 4 is 11.7 Å². The fourth-order valence-electron chi connectivity index (χ4n) is 3.79. The molecule has 0 saturated carbocycles. The molecule has 0 fully saturated rings. The zero-order valence-corrected chi connectivity index (χ0v) is 17.7. The van der Waals surface area contributed by atoms with Crippen LogP contribution in [0.4, 0.5) is 27.8 Å². The normalized spacial score (nSPS) is 14.4. The molecule has 1 aliphatic heterocycles. The monoisotopic (exact) mass is 462 g/mol. The van der Waals surface area contributed by atoms with Crippen molar-refractivity contribution in [2.45, 2.75) is 32.6 Å². The smallest absolute Gasteiger partial charge is 0.363 e. The summed E-state index contributed by atoms with van der Waals surface area (Å²) < 4.78 is 68.7. The topological polar surface area (TPSA) is 58.1 Å². The van der Waals surface area contributed by atoms with Crippen LogP contribution in [0.1, 0.15) is 46.9 Å². The van der Waals surface area contributed by atoms with Gasteiger partial charge in [-0.1, -0.05) is 0 Å². The summed E-state index contributed by atoms with van der Waals surface area (Å²) in [5, 5.41) is 3.02. The van der Waals surface area contributed by atoms with Gasteiger partial charge in [-0.05, 0) is 44.2 Å². The van der Waals surface area contributed by atoms with Gasteiger partial charge in [0.1, 0.15) is 17.5 Å². The van der Waals surface area contributed by atoms with Crippen molar-refractivity contribution in [1.82, 2.24) is 14.9 Å². The van der Waals surface area contributed by atoms with Crippen LogP contribution in [0, 0.1) is 11.6 Å². The number of halogens is 5. The SMILES string of the molecule is CCN1Cc2c(ccnc2NC(C)c2cc(F)c(-c3cc(C(F)(F)F)ccn3)cc2F)C1=O. The Balaban J connectivity index is 1.64. The Hall–Kier alpha value is -3.56. The Labute approximate surface area is 186 Å². The van der Waals surface area contributed by atoms with Gasteiger partial charge >= 0.3 is 6.18 Å². The maximum atomic E-state index is 14.9. The molecule has 33 heavy (non-hydrogen) atoms. The molecule has 172 valence electrons. The van der Waals surface area contributed by atoms with E-state index in [-0.39, 0.29) is 22.7 Å². The minimum Gasteiger partial charge on any atom is -0.363 e. The number of benzene rings is 1. The molecule has 2 aromatic heterocycles. The lowest BCUT2D eigenvalue weighted by atomic mass is 10.0. The summed E-state index contributed by atoms with van der Waals surface area (Å²) >= 11 is 0. The minimum absolute atomic E-state index is 0.0423. The van der Waals surface area contributed by atoms with Gasteiger partial charge < -0.3 is 10.2 Å². The summed E-state index contributed by atoms with van der Waals surface area (Å²) in [5.41, 5.74) is -0.585. The van der Waals surface area contributed by atoms with Gasteiger partial charge in [-0.2, -0.15) is 13.2 Å². The molecule has 1 unspecified atom stereocenters. The van der Waals surface area contributed by atoms with Crippen LogP contribution in [0.5, 0.6) is 0 Å². The lowest BCUT2D eigenvalue weighted by molar-refractivity contribution is -0.137. The van der Waals surface area contributed by atoms with Gasteiger partial charge in [0.25, 0.3) is 5.91 Å². The predicted molar refractivity (Wildman–Crippen MR) is 111 cm³/mol. The van der Waals surface area contributed by atoms with Crippen LogP contribution in [0.25, 0.3) is 11.3 Å². The molecule has 0 aliphatic carbocycles. The molecule has 0 spiro atoms. The van der Waals surface area contributed by atoms with E-state index in [4.69, 9.17) is 0 Å². The van der Waals surface area contributed by atoms with Crippen molar-refractivity contribution in [2.24, 2.45) is 0 Å². The van der Waals surface area contributed by atoms with Gasteiger partial charge in [0, 0.05) is 41.2 Å². The van der Waals surface area contributed by atoms with Crippen molar-refractivity contribution in [1.29, 1.82) is 0 Å². The minimum atomic E-state index is -4.64. The Morgan fingerprint density at radius 3 is 2.48 bits per heavy atom. The second-order valence-corrected chi connectivity index (χ2v) is 7.65. The third-order valence-electron chi connectivity index (χ3n) is 5.57. The van der Waals surface area contributed by atoms with Gasteiger partial charge in [-0.25, -0.2) is 13.8 Å². The van der Waals surface area contributed by atoms with E-state index >= 15 is 0 Å². The number of carbonyl (C=O) groups is 1. The molecule has 1 aromatic carbocycles. The second-order valence-electron chi connectivity index (χ2n) is 7.65. The fraction of sp³-hybridized carbons (Fsp3) is 0.261. The maximum absolute atomic E-state index is 14.9. The van der Waals surface area contributed by atoms with Crippen LogP contribution in [0.2, 0.25) is 0 Å². The van der Waals surface area contributed by atoms with Crippen molar-refractivity contribution in [2.75, 3.05) is 11.9 Å². The van der Waals surface area contributed by atoms with E-state index in [0.29, 0.717) is 36.1 Å². The molecule has 1 atom stereocenters. The van der Waals surface area contributed by atoms with Gasteiger partial charge in [0.2, 0.25) is 0 Å². The van der Waals surface area contributed by atoms with Crippen LogP contribution < -0.4 is 5.32 Å². The van der Waals surface area contributed by atoms with E-state index in [1.807, 2.05) is 6.92 Å². The van der Waals surface area contributed by atoms with Crippen LogP contribution >= 0.6 is 0 Å². The van der Waals surface area contributed by atoms with Crippen molar-refractivity contribution in [3.63, 3.8) is 0 Å². The molecule has 5 nitrogen and oxygen atoms in total. The number of fused-ring (bicyclic) bond motifs is 1. The number of alkyl halides is 3. The predicted octanol–water partition coefficient (Wildman–Crippen LogP) is 5.59. The number of aromatic nitrogens is 2. The standard InChI is InChI=1S/C23H19F5N4O/c1-3-32-11-17-14(22(32)33)5-7-30-21(17)31-12(2)15-9-19(25)16(10-18(15)24)20-8-13(4-6-29-20)23(26,27)28/h4-10,12H,3,11H2,1-2H3,(H,30,31). The first-order chi connectivity index (χ1) is 15.6. The molecule has 0 bridgehead atoms. The van der Waals surface area contributed by atoms with Crippen LogP contribution in [0.15, 0.2) is 42.7 Å². The van der Waals surface area contributed by atoms with Gasteiger partial charge in [-0.15, -0.1) is 0 Å². The molecule has 1 aliphatic rings. The Morgan fingerprint density at radius 2 is 1.79 bits per heavy atom. The highest BCUT2D eigenvalue weighted by Crippen LogP contribution is 2.34. The number of amides is 1. The molecule has 4 rings (SSSR count). The molecule has 1 N–H and O–H groups in total. The number of nitrogens with zero attached hydrogens (tertiary/aromatic N) is 3. The average Bonchev–Trinajstić information content (AvgIpc) is 3.11. The number of carbonyl (C=O) groups excluding carboxylic acids is 1. The summed E-state index contributed by atoms with van der Waals surface area (Å²) in [7, 11) is 0. The van der Waals surface area contributed by atoms with E-state index < -0.39 is 29.4 Å². The summed E-state index contributed by atoms with van der Waals surface area (Å²) in [6, 6.07) is 4.06. The van der Waals surface area contributed by atoms with Crippen molar-refractivity contribution in [3.05, 3.63) is 76.6 Å². The molecular formula is C23H19F5N4O. The Bertz CT molecular complexity index is 1230.